The van der Waals surface area contributed by atoms with Gasteiger partial charge in [0.05, 0.1) is 28.2 Å². The smallest absolute Gasteiger partial charge is 0.296 e. The van der Waals surface area contributed by atoms with Gasteiger partial charge in [0.25, 0.3) is 20.2 Å². The summed E-state index contributed by atoms with van der Waals surface area (Å²) >= 11 is 0. The molecule has 1 aliphatic rings. The molecule has 7 N–H and O–H groups in total. The molecule has 0 fully saturated rings. The van der Waals surface area contributed by atoms with Crippen LogP contribution in [0.2, 0.25) is 0 Å². The van der Waals surface area contributed by atoms with Crippen molar-refractivity contribution in [1.82, 2.24) is 0 Å². The van der Waals surface area contributed by atoms with Gasteiger partial charge in [-0.2, -0.15) is 16.8 Å². The van der Waals surface area contributed by atoms with E-state index in [-0.39, 0.29) is 40.2 Å². The monoisotopic (exact) mass is 517 g/mol. The van der Waals surface area contributed by atoms with Crippen molar-refractivity contribution in [1.29, 1.82) is 0 Å². The molecule has 13 heteroatoms. The van der Waals surface area contributed by atoms with Crippen LogP contribution in [0.15, 0.2) is 52.3 Å². The molecule has 0 radical (unpaired) electrons. The first kappa shape index (κ1) is 24.5. The fourth-order valence-corrected chi connectivity index (χ4v) is 5.49. The second-order valence-electron chi connectivity index (χ2n) is 7.87. The minimum absolute atomic E-state index is 0.0185. The van der Waals surface area contributed by atoms with Gasteiger partial charge in [-0.3, -0.25) is 18.7 Å². The summed E-state index contributed by atoms with van der Waals surface area (Å²) in [4.78, 5) is 25.2. The van der Waals surface area contributed by atoms with E-state index in [9.17, 15) is 35.5 Å². The molecule has 182 valence electrons. The molecule has 0 aromatic heterocycles. The minimum Gasteiger partial charge on any atom is -0.397 e. The van der Waals surface area contributed by atoms with Crippen LogP contribution < -0.4 is 16.8 Å². The van der Waals surface area contributed by atoms with Crippen molar-refractivity contribution in [2.24, 2.45) is 5.73 Å². The Bertz CT molecular complexity index is 1660. The first-order valence-corrected chi connectivity index (χ1v) is 12.8. The summed E-state index contributed by atoms with van der Waals surface area (Å²) in [6.07, 6.45) is 0. The summed E-state index contributed by atoms with van der Waals surface area (Å²) in [5.74, 6) is -1.46. The Labute approximate surface area is 200 Å². The number of carbonyl (C=O) groups excluding carboxylic acids is 2. The summed E-state index contributed by atoms with van der Waals surface area (Å²) in [6, 6.07) is 9.29. The lowest BCUT2D eigenvalue weighted by atomic mass is 9.82. The first-order valence-electron chi connectivity index (χ1n) is 9.96. The highest BCUT2D eigenvalue weighted by Gasteiger charge is 2.37. The highest BCUT2D eigenvalue weighted by molar-refractivity contribution is 7.86. The average Bonchev–Trinajstić information content (AvgIpc) is 2.77. The normalized spacial score (nSPS) is 13.4. The maximum Gasteiger partial charge on any atom is 0.296 e. The molecule has 4 rings (SSSR count). The fourth-order valence-electron chi connectivity index (χ4n) is 4.07. The van der Waals surface area contributed by atoms with Gasteiger partial charge in [-0.1, -0.05) is 30.3 Å². The third-order valence-corrected chi connectivity index (χ3v) is 7.33. The van der Waals surface area contributed by atoms with Crippen molar-refractivity contribution >= 4 is 48.9 Å². The number of fused-ring (bicyclic) bond motifs is 2. The molecular weight excluding hydrogens is 498 g/mol. The Morgan fingerprint density at radius 1 is 0.857 bits per heavy atom. The largest absolute Gasteiger partial charge is 0.397 e. The summed E-state index contributed by atoms with van der Waals surface area (Å²) in [5, 5.41) is 2.65. The van der Waals surface area contributed by atoms with Gasteiger partial charge < -0.3 is 16.8 Å². The second kappa shape index (κ2) is 8.25. The lowest BCUT2D eigenvalue weighted by molar-refractivity contribution is 0.0980. The molecule has 35 heavy (non-hydrogen) atoms. The number of hydrogen-bond acceptors (Lipinski definition) is 9. The molecular formula is C22H19N3O8S2. The Kier molecular flexibility index (Phi) is 5.78. The molecule has 0 heterocycles. The van der Waals surface area contributed by atoms with E-state index in [1.54, 1.807) is 6.92 Å². The van der Waals surface area contributed by atoms with Crippen LogP contribution in [-0.4, -0.2) is 37.5 Å². The molecule has 0 atom stereocenters. The van der Waals surface area contributed by atoms with Crippen molar-refractivity contribution in [3.63, 3.8) is 0 Å². The van der Waals surface area contributed by atoms with Gasteiger partial charge in [0.1, 0.15) is 9.79 Å². The van der Waals surface area contributed by atoms with E-state index in [1.807, 2.05) is 0 Å². The van der Waals surface area contributed by atoms with E-state index < -0.39 is 52.8 Å². The van der Waals surface area contributed by atoms with Crippen molar-refractivity contribution in [2.75, 3.05) is 11.1 Å². The fraction of sp³-hybridized carbons (Fsp3) is 0.0909. The molecule has 3 aromatic carbocycles. The number of nitrogen functional groups attached to an aromatic ring is 1. The van der Waals surface area contributed by atoms with Gasteiger partial charge in [0.2, 0.25) is 0 Å². The zero-order valence-electron chi connectivity index (χ0n) is 18.1. The van der Waals surface area contributed by atoms with Crippen LogP contribution in [0.1, 0.15) is 43.0 Å². The quantitative estimate of drug-likeness (QED) is 0.191. The molecule has 0 saturated heterocycles. The van der Waals surface area contributed by atoms with Crippen LogP contribution in [0.4, 0.5) is 17.1 Å². The van der Waals surface area contributed by atoms with Crippen LogP contribution in [0.5, 0.6) is 0 Å². The number of nitrogens with two attached hydrogens (primary N) is 2. The summed E-state index contributed by atoms with van der Waals surface area (Å²) < 4.78 is 67.9. The number of anilines is 3. The predicted octanol–water partition coefficient (Wildman–Crippen LogP) is 2.05. The van der Waals surface area contributed by atoms with Gasteiger partial charge in [-0.05, 0) is 30.2 Å². The molecule has 0 aliphatic heterocycles. The Hall–Kier alpha value is -3.62. The maximum atomic E-state index is 13.4. The zero-order valence-corrected chi connectivity index (χ0v) is 19.7. The topological polar surface area (TPSA) is 207 Å². The minimum atomic E-state index is -4.98. The van der Waals surface area contributed by atoms with Gasteiger partial charge in [-0.25, -0.2) is 0 Å². The van der Waals surface area contributed by atoms with Gasteiger partial charge in [0, 0.05) is 17.7 Å². The molecule has 0 spiro atoms. The van der Waals surface area contributed by atoms with Crippen LogP contribution in [-0.2, 0) is 26.8 Å². The third kappa shape index (κ3) is 4.09. The molecule has 0 amide bonds. The lowest BCUT2D eigenvalue weighted by Gasteiger charge is -2.24. The van der Waals surface area contributed by atoms with E-state index in [2.05, 4.69) is 5.32 Å². The average molecular weight is 518 g/mol. The number of benzene rings is 3. The SMILES string of the molecule is Cc1cc(CN)c(Nc2cc(S(=O)(=O)O)c(N)c3c2C(=O)c2ccccc2C3=O)c(S(=O)(=O)O)c1. The number of carbonyl (C=O) groups is 2. The highest BCUT2D eigenvalue weighted by Crippen LogP contribution is 2.41. The molecule has 0 bridgehead atoms. The van der Waals surface area contributed by atoms with E-state index in [0.29, 0.717) is 5.56 Å². The van der Waals surface area contributed by atoms with Gasteiger partial charge >= 0.3 is 0 Å². The number of ketones is 2. The predicted molar refractivity (Wildman–Crippen MR) is 126 cm³/mol. The van der Waals surface area contributed by atoms with E-state index >= 15 is 0 Å². The molecule has 11 nitrogen and oxygen atoms in total. The van der Waals surface area contributed by atoms with Gasteiger partial charge in [0.15, 0.2) is 11.6 Å². The number of aryl methyl sites for hydroxylation is 1. The first-order chi connectivity index (χ1) is 16.3. The van der Waals surface area contributed by atoms with Crippen LogP contribution in [0, 0.1) is 6.92 Å². The molecule has 0 saturated carbocycles. The van der Waals surface area contributed by atoms with Crippen molar-refractivity contribution < 1.29 is 35.5 Å². The summed E-state index contributed by atoms with van der Waals surface area (Å²) in [5.41, 5.74) is 10.3. The second-order valence-corrected chi connectivity index (χ2v) is 10.6. The van der Waals surface area contributed by atoms with Crippen LogP contribution >= 0.6 is 0 Å². The van der Waals surface area contributed by atoms with Crippen molar-refractivity contribution in [3.8, 4) is 0 Å². The Morgan fingerprint density at radius 3 is 1.91 bits per heavy atom. The Balaban J connectivity index is 2.10. The highest BCUT2D eigenvalue weighted by atomic mass is 32.2. The standard InChI is InChI=1S/C22H19N3O8S2/c1-10-6-11(9-23)20(16(7-10)35(31,32)33)25-14-8-15(34(28,29)30)19(24)18-17(14)21(26)12-4-2-3-5-13(12)22(18)27/h2-8,25H,9,23-24H2,1H3,(H,28,29,30)(H,31,32,33). The van der Waals surface area contributed by atoms with Crippen molar-refractivity contribution in [2.45, 2.75) is 23.3 Å². The number of hydrogen-bond donors (Lipinski definition) is 5. The van der Waals surface area contributed by atoms with E-state index in [0.717, 1.165) is 12.1 Å². The summed E-state index contributed by atoms with van der Waals surface area (Å²) in [7, 11) is -9.79. The number of nitrogens with one attached hydrogen (secondary N) is 1. The van der Waals surface area contributed by atoms with Crippen LogP contribution in [0.3, 0.4) is 0 Å². The Morgan fingerprint density at radius 2 is 1.40 bits per heavy atom. The van der Waals surface area contributed by atoms with Crippen LogP contribution in [0.25, 0.3) is 0 Å². The molecule has 3 aromatic rings. The molecule has 0 unspecified atom stereocenters. The van der Waals surface area contributed by atoms with Gasteiger partial charge in [-0.15, -0.1) is 0 Å². The number of rotatable bonds is 5. The molecule has 1 aliphatic carbocycles. The maximum absolute atomic E-state index is 13.4. The summed E-state index contributed by atoms with van der Waals surface area (Å²) in [6.45, 7) is 1.36. The third-order valence-electron chi connectivity index (χ3n) is 5.56. The van der Waals surface area contributed by atoms with E-state index in [1.165, 1.54) is 30.3 Å². The lowest BCUT2D eigenvalue weighted by Crippen LogP contribution is -2.25. The van der Waals surface area contributed by atoms with Crippen molar-refractivity contribution in [3.05, 3.63) is 75.8 Å². The zero-order chi connectivity index (χ0) is 25.9. The van der Waals surface area contributed by atoms with E-state index in [4.69, 9.17) is 11.5 Å².